The van der Waals surface area contributed by atoms with Crippen molar-refractivity contribution in [3.05, 3.63) is 34.9 Å². The molecule has 1 aromatic carbocycles. The minimum Gasteiger partial charge on any atom is -0.325 e. The lowest BCUT2D eigenvalue weighted by Gasteiger charge is -2.11. The molecule has 0 amide bonds. The molecule has 0 aromatic heterocycles. The maximum Gasteiger partial charge on any atom is 0.264 e. The van der Waals surface area contributed by atoms with Crippen molar-refractivity contribution in [2.24, 2.45) is 5.73 Å². The number of hydrogen-bond donors (Lipinski definition) is 1. The third-order valence-electron chi connectivity index (χ3n) is 3.03. The van der Waals surface area contributed by atoms with Crippen molar-refractivity contribution in [3.8, 4) is 0 Å². The van der Waals surface area contributed by atoms with Crippen molar-refractivity contribution in [2.45, 2.75) is 38.2 Å². The van der Waals surface area contributed by atoms with Gasteiger partial charge in [-0.25, -0.2) is 8.78 Å². The quantitative estimate of drug-likeness (QED) is 0.817. The summed E-state index contributed by atoms with van der Waals surface area (Å²) in [5, 5.41) is 0. The van der Waals surface area contributed by atoms with Crippen LogP contribution in [-0.2, 0) is 6.42 Å². The second-order valence-electron chi connectivity index (χ2n) is 4.53. The van der Waals surface area contributed by atoms with Crippen LogP contribution in [0.4, 0.5) is 8.78 Å². The van der Waals surface area contributed by atoms with Crippen molar-refractivity contribution in [1.82, 2.24) is 0 Å². The van der Waals surface area contributed by atoms with Gasteiger partial charge < -0.3 is 5.73 Å². The zero-order valence-corrected chi connectivity index (χ0v) is 8.76. The van der Waals surface area contributed by atoms with Crippen molar-refractivity contribution in [1.29, 1.82) is 0 Å². The van der Waals surface area contributed by atoms with Crippen LogP contribution in [-0.4, -0.2) is 5.54 Å². The third kappa shape index (κ3) is 2.34. The Morgan fingerprint density at radius 3 is 2.60 bits per heavy atom. The number of aryl methyl sites for hydroxylation is 1. The highest BCUT2D eigenvalue weighted by atomic mass is 19.3. The first kappa shape index (κ1) is 10.6. The van der Waals surface area contributed by atoms with E-state index in [1.165, 1.54) is 0 Å². The van der Waals surface area contributed by atoms with E-state index in [2.05, 4.69) is 0 Å². The minimum absolute atomic E-state index is 0.116. The Morgan fingerprint density at radius 2 is 2.07 bits per heavy atom. The molecule has 2 N–H and O–H groups in total. The van der Waals surface area contributed by atoms with Crippen LogP contribution in [0, 0.1) is 6.92 Å². The smallest absolute Gasteiger partial charge is 0.264 e. The fraction of sp³-hybridized carbons (Fsp3) is 0.500. The molecule has 0 spiro atoms. The van der Waals surface area contributed by atoms with Gasteiger partial charge in [0, 0.05) is 11.1 Å². The highest BCUT2D eigenvalue weighted by Crippen LogP contribution is 2.36. The standard InChI is InChI=1S/C12H15F2N/c1-8-2-3-9(6-10(8)11(13)14)7-12(15)4-5-12/h2-3,6,11H,4-5,7,15H2,1H3. The molecule has 3 heteroatoms. The van der Waals surface area contributed by atoms with Crippen molar-refractivity contribution in [2.75, 3.05) is 0 Å². The van der Waals surface area contributed by atoms with E-state index in [9.17, 15) is 8.78 Å². The van der Waals surface area contributed by atoms with Crippen LogP contribution < -0.4 is 5.73 Å². The fourth-order valence-electron chi connectivity index (χ4n) is 1.78. The number of alkyl halides is 2. The van der Waals surface area contributed by atoms with Crippen LogP contribution in [0.1, 0.15) is 36.0 Å². The van der Waals surface area contributed by atoms with Crippen molar-refractivity contribution < 1.29 is 8.78 Å². The van der Waals surface area contributed by atoms with Gasteiger partial charge in [0.05, 0.1) is 0 Å². The zero-order valence-electron chi connectivity index (χ0n) is 8.76. The lowest BCUT2D eigenvalue weighted by Crippen LogP contribution is -2.24. The number of hydrogen-bond acceptors (Lipinski definition) is 1. The van der Waals surface area contributed by atoms with Gasteiger partial charge in [0.2, 0.25) is 0 Å². The molecule has 0 saturated heterocycles. The predicted octanol–water partition coefficient (Wildman–Crippen LogP) is 2.97. The molecule has 0 heterocycles. The SMILES string of the molecule is Cc1ccc(CC2(N)CC2)cc1C(F)F. The molecule has 15 heavy (non-hydrogen) atoms. The highest BCUT2D eigenvalue weighted by Gasteiger charge is 2.38. The normalized spacial score (nSPS) is 18.2. The van der Waals surface area contributed by atoms with Crippen LogP contribution >= 0.6 is 0 Å². The largest absolute Gasteiger partial charge is 0.325 e. The number of rotatable bonds is 3. The Kier molecular flexibility index (Phi) is 2.51. The average molecular weight is 211 g/mol. The molecule has 0 atom stereocenters. The molecule has 1 fully saturated rings. The van der Waals surface area contributed by atoms with Gasteiger partial charge in [0.1, 0.15) is 0 Å². The highest BCUT2D eigenvalue weighted by molar-refractivity contribution is 5.33. The van der Waals surface area contributed by atoms with Gasteiger partial charge in [-0.3, -0.25) is 0 Å². The molecule has 1 nitrogen and oxygen atoms in total. The minimum atomic E-state index is -2.39. The summed E-state index contributed by atoms with van der Waals surface area (Å²) in [6, 6.07) is 5.24. The van der Waals surface area contributed by atoms with Crippen LogP contribution in [0.3, 0.4) is 0 Å². The topological polar surface area (TPSA) is 26.0 Å². The second-order valence-corrected chi connectivity index (χ2v) is 4.53. The molecule has 2 rings (SSSR count). The van der Waals surface area contributed by atoms with Gasteiger partial charge in [0.15, 0.2) is 0 Å². The Morgan fingerprint density at radius 1 is 1.40 bits per heavy atom. The summed E-state index contributed by atoms with van der Waals surface area (Å²) >= 11 is 0. The van der Waals surface area contributed by atoms with E-state index in [0.29, 0.717) is 12.0 Å². The number of halogens is 2. The van der Waals surface area contributed by atoms with E-state index in [-0.39, 0.29) is 11.1 Å². The van der Waals surface area contributed by atoms with E-state index in [1.807, 2.05) is 6.07 Å². The molecule has 0 bridgehead atoms. The summed E-state index contributed by atoms with van der Waals surface area (Å²) in [5.41, 5.74) is 7.55. The second kappa shape index (κ2) is 3.56. The molecular weight excluding hydrogens is 196 g/mol. The van der Waals surface area contributed by atoms with Crippen molar-refractivity contribution >= 4 is 0 Å². The zero-order chi connectivity index (χ0) is 11.1. The molecule has 0 radical (unpaired) electrons. The molecule has 1 aliphatic carbocycles. The van der Waals surface area contributed by atoms with Gasteiger partial charge in [0.25, 0.3) is 6.43 Å². The van der Waals surface area contributed by atoms with Crippen LogP contribution in [0.15, 0.2) is 18.2 Å². The van der Waals surface area contributed by atoms with Crippen LogP contribution in [0.25, 0.3) is 0 Å². The summed E-state index contributed by atoms with van der Waals surface area (Å²) in [4.78, 5) is 0. The Labute approximate surface area is 88.3 Å². The van der Waals surface area contributed by atoms with Gasteiger partial charge in [-0.15, -0.1) is 0 Å². The lowest BCUT2D eigenvalue weighted by molar-refractivity contribution is 0.150. The number of nitrogens with two attached hydrogens (primary N) is 1. The van der Waals surface area contributed by atoms with Crippen LogP contribution in [0.2, 0.25) is 0 Å². The average Bonchev–Trinajstić information content (AvgIpc) is 2.87. The monoisotopic (exact) mass is 211 g/mol. The third-order valence-corrected chi connectivity index (χ3v) is 3.03. The molecule has 1 aliphatic rings. The van der Waals surface area contributed by atoms with Crippen LogP contribution in [0.5, 0.6) is 0 Å². The van der Waals surface area contributed by atoms with Gasteiger partial charge >= 0.3 is 0 Å². The van der Waals surface area contributed by atoms with E-state index in [0.717, 1.165) is 18.4 Å². The predicted molar refractivity (Wildman–Crippen MR) is 56.0 cm³/mol. The van der Waals surface area contributed by atoms with E-state index in [1.54, 1.807) is 19.1 Å². The molecule has 1 saturated carbocycles. The summed E-state index contributed by atoms with van der Waals surface area (Å²) in [6.07, 6.45) is 0.334. The van der Waals surface area contributed by atoms with Crippen molar-refractivity contribution in [3.63, 3.8) is 0 Å². The summed E-state index contributed by atoms with van der Waals surface area (Å²) < 4.78 is 25.3. The number of benzene rings is 1. The molecular formula is C12H15F2N. The first-order valence-corrected chi connectivity index (χ1v) is 5.17. The Balaban J connectivity index is 2.22. The summed E-state index contributed by atoms with van der Waals surface area (Å²) in [6.45, 7) is 1.71. The summed E-state index contributed by atoms with van der Waals surface area (Å²) in [5.74, 6) is 0. The van der Waals surface area contributed by atoms with E-state index < -0.39 is 6.43 Å². The van der Waals surface area contributed by atoms with E-state index >= 15 is 0 Å². The van der Waals surface area contributed by atoms with Gasteiger partial charge in [-0.05, 0) is 43.4 Å². The lowest BCUT2D eigenvalue weighted by atomic mass is 9.99. The first-order chi connectivity index (χ1) is 7.00. The van der Waals surface area contributed by atoms with Gasteiger partial charge in [-0.2, -0.15) is 0 Å². The summed E-state index contributed by atoms with van der Waals surface area (Å²) in [7, 11) is 0. The molecule has 82 valence electrons. The molecule has 0 unspecified atom stereocenters. The maximum absolute atomic E-state index is 12.6. The maximum atomic E-state index is 12.6. The molecule has 0 aliphatic heterocycles. The Hall–Kier alpha value is -0.960. The van der Waals surface area contributed by atoms with Gasteiger partial charge in [-0.1, -0.05) is 12.1 Å². The first-order valence-electron chi connectivity index (χ1n) is 5.17. The molecule has 1 aromatic rings. The fourth-order valence-corrected chi connectivity index (χ4v) is 1.78. The van der Waals surface area contributed by atoms with E-state index in [4.69, 9.17) is 5.73 Å². The Bertz CT molecular complexity index is 370.